The molecule has 0 aromatic heterocycles. The van der Waals surface area contributed by atoms with Crippen molar-refractivity contribution in [2.24, 2.45) is 0 Å². The number of urea groups is 1. The van der Waals surface area contributed by atoms with Crippen LogP contribution < -0.4 is 10.2 Å². The van der Waals surface area contributed by atoms with Gasteiger partial charge in [-0.1, -0.05) is 23.2 Å². The summed E-state index contributed by atoms with van der Waals surface area (Å²) in [4.78, 5) is 25.5. The average Bonchev–Trinajstić information content (AvgIpc) is 2.24. The number of carbonyl (C=O) groups excluding carboxylic acids is 2. The quantitative estimate of drug-likeness (QED) is 0.864. The lowest BCUT2D eigenvalue weighted by atomic mass is 9.73. The van der Waals surface area contributed by atoms with Crippen LogP contribution in [-0.2, 0) is 4.79 Å². The van der Waals surface area contributed by atoms with Gasteiger partial charge in [0.25, 0.3) is 0 Å². The second kappa shape index (κ2) is 4.39. The molecule has 4 nitrogen and oxygen atoms in total. The van der Waals surface area contributed by atoms with E-state index >= 15 is 0 Å². The molecule has 2 fully saturated rings. The van der Waals surface area contributed by atoms with Crippen LogP contribution in [0.4, 0.5) is 10.5 Å². The first kappa shape index (κ1) is 12.8. The number of rotatable bonds is 1. The molecule has 1 spiro atoms. The molecule has 1 N–H and O–H groups in total. The largest absolute Gasteiger partial charge is 0.331 e. The minimum absolute atomic E-state index is 0.207. The van der Waals surface area contributed by atoms with Crippen molar-refractivity contribution in [2.45, 2.75) is 31.2 Å². The summed E-state index contributed by atoms with van der Waals surface area (Å²) in [5.41, 5.74) is 0.0988. The van der Waals surface area contributed by atoms with Gasteiger partial charge in [0.05, 0.1) is 17.6 Å². The number of carbonyl (C=O) groups is 2. The van der Waals surface area contributed by atoms with Gasteiger partial charge < -0.3 is 5.32 Å². The molecule has 0 radical (unpaired) electrons. The standard InChI is InChI=1S/C13H12Cl2N2O2/c14-8-4-9(15)6-10(5-8)17-11(18)7-13(2-1-3-13)16-12(17)19/h4-6H,1-3,7H2,(H,16,19). The molecular formula is C13H12Cl2N2O2. The maximum absolute atomic E-state index is 12.2. The van der Waals surface area contributed by atoms with E-state index in [1.54, 1.807) is 18.2 Å². The molecule has 0 bridgehead atoms. The Morgan fingerprint density at radius 3 is 2.21 bits per heavy atom. The van der Waals surface area contributed by atoms with E-state index in [4.69, 9.17) is 23.2 Å². The number of hydrogen-bond acceptors (Lipinski definition) is 2. The van der Waals surface area contributed by atoms with E-state index in [9.17, 15) is 9.59 Å². The molecule has 1 aliphatic carbocycles. The molecule has 1 aromatic carbocycles. The van der Waals surface area contributed by atoms with Crippen LogP contribution in [0.1, 0.15) is 25.7 Å². The van der Waals surface area contributed by atoms with E-state index < -0.39 is 6.03 Å². The van der Waals surface area contributed by atoms with Crippen LogP contribution >= 0.6 is 23.2 Å². The Morgan fingerprint density at radius 1 is 1.11 bits per heavy atom. The van der Waals surface area contributed by atoms with Crippen molar-refractivity contribution in [3.63, 3.8) is 0 Å². The summed E-state index contributed by atoms with van der Waals surface area (Å²) < 4.78 is 0. The summed E-state index contributed by atoms with van der Waals surface area (Å²) in [5.74, 6) is -0.207. The van der Waals surface area contributed by atoms with Crippen molar-refractivity contribution < 1.29 is 9.59 Å². The lowest BCUT2D eigenvalue weighted by Crippen LogP contribution is -2.65. The minimum atomic E-state index is -0.394. The van der Waals surface area contributed by atoms with Gasteiger partial charge in [0.2, 0.25) is 5.91 Å². The molecule has 1 heterocycles. The zero-order chi connectivity index (χ0) is 13.6. The molecule has 0 unspecified atom stereocenters. The van der Waals surface area contributed by atoms with Gasteiger partial charge in [-0.05, 0) is 37.5 Å². The number of halogens is 2. The Hall–Kier alpha value is -1.26. The van der Waals surface area contributed by atoms with Crippen LogP contribution in [0.2, 0.25) is 10.0 Å². The molecule has 100 valence electrons. The van der Waals surface area contributed by atoms with Crippen LogP contribution in [0.3, 0.4) is 0 Å². The predicted molar refractivity (Wildman–Crippen MR) is 73.7 cm³/mol. The summed E-state index contributed by atoms with van der Waals surface area (Å²) in [5, 5.41) is 3.72. The minimum Gasteiger partial charge on any atom is -0.331 e. The summed E-state index contributed by atoms with van der Waals surface area (Å²) >= 11 is 11.8. The van der Waals surface area contributed by atoms with Gasteiger partial charge in [-0.15, -0.1) is 0 Å². The smallest absolute Gasteiger partial charge is 0.329 e. The van der Waals surface area contributed by atoms with E-state index in [0.717, 1.165) is 24.2 Å². The zero-order valence-corrected chi connectivity index (χ0v) is 11.6. The second-order valence-corrected chi connectivity index (χ2v) is 5.97. The highest BCUT2D eigenvalue weighted by Crippen LogP contribution is 2.39. The number of benzene rings is 1. The molecule has 1 saturated heterocycles. The third-order valence-corrected chi connectivity index (χ3v) is 4.17. The van der Waals surface area contributed by atoms with E-state index in [1.165, 1.54) is 0 Å². The molecule has 0 atom stereocenters. The third kappa shape index (κ3) is 2.19. The van der Waals surface area contributed by atoms with Crippen molar-refractivity contribution in [1.82, 2.24) is 5.32 Å². The Balaban J connectivity index is 1.92. The number of nitrogens with one attached hydrogen (secondary N) is 1. The Bertz CT molecular complexity index is 530. The van der Waals surface area contributed by atoms with E-state index in [1.807, 2.05) is 0 Å². The van der Waals surface area contributed by atoms with Crippen LogP contribution in [0, 0.1) is 0 Å². The Kier molecular flexibility index (Phi) is 2.95. The Labute approximate surface area is 120 Å². The summed E-state index contributed by atoms with van der Waals surface area (Å²) in [6.07, 6.45) is 3.13. The predicted octanol–water partition coefficient (Wildman–Crippen LogP) is 3.36. The fraction of sp³-hybridized carbons (Fsp3) is 0.385. The molecule has 1 saturated carbocycles. The Morgan fingerprint density at radius 2 is 1.74 bits per heavy atom. The van der Waals surface area contributed by atoms with E-state index in [0.29, 0.717) is 22.2 Å². The highest BCUT2D eigenvalue weighted by molar-refractivity contribution is 6.35. The lowest BCUT2D eigenvalue weighted by Gasteiger charge is -2.47. The van der Waals surface area contributed by atoms with Gasteiger partial charge in [0.1, 0.15) is 0 Å². The van der Waals surface area contributed by atoms with Gasteiger partial charge in [0.15, 0.2) is 0 Å². The van der Waals surface area contributed by atoms with Gasteiger partial charge >= 0.3 is 6.03 Å². The monoisotopic (exact) mass is 298 g/mol. The van der Waals surface area contributed by atoms with Crippen LogP contribution in [0.5, 0.6) is 0 Å². The lowest BCUT2D eigenvalue weighted by molar-refractivity contribution is -0.121. The van der Waals surface area contributed by atoms with Crippen LogP contribution in [0.25, 0.3) is 0 Å². The highest BCUT2D eigenvalue weighted by atomic mass is 35.5. The normalized spacial score (nSPS) is 21.3. The molecule has 3 rings (SSSR count). The number of hydrogen-bond donors (Lipinski definition) is 1. The fourth-order valence-corrected chi connectivity index (χ4v) is 3.16. The average molecular weight is 299 g/mol. The van der Waals surface area contributed by atoms with Gasteiger partial charge in [0, 0.05) is 10.0 Å². The first-order chi connectivity index (χ1) is 8.99. The topological polar surface area (TPSA) is 49.4 Å². The summed E-state index contributed by atoms with van der Waals surface area (Å²) in [6, 6.07) is 4.29. The zero-order valence-electron chi connectivity index (χ0n) is 10.1. The van der Waals surface area contributed by atoms with Gasteiger partial charge in [-0.2, -0.15) is 0 Å². The van der Waals surface area contributed by atoms with Gasteiger partial charge in [-0.3, -0.25) is 4.79 Å². The van der Waals surface area contributed by atoms with Crippen molar-refractivity contribution in [1.29, 1.82) is 0 Å². The summed E-state index contributed by atoms with van der Waals surface area (Å²) in [7, 11) is 0. The number of nitrogens with zero attached hydrogens (tertiary/aromatic N) is 1. The van der Waals surface area contributed by atoms with E-state index in [2.05, 4.69) is 5.32 Å². The van der Waals surface area contributed by atoms with Gasteiger partial charge in [-0.25, -0.2) is 9.69 Å². The molecular weight excluding hydrogens is 287 g/mol. The molecule has 2 aliphatic rings. The number of anilines is 1. The van der Waals surface area contributed by atoms with Crippen LogP contribution in [0.15, 0.2) is 18.2 Å². The first-order valence-corrected chi connectivity index (χ1v) is 6.86. The molecule has 3 amide bonds. The third-order valence-electron chi connectivity index (χ3n) is 3.73. The molecule has 1 aromatic rings. The van der Waals surface area contributed by atoms with Crippen molar-refractivity contribution >= 4 is 40.8 Å². The first-order valence-electron chi connectivity index (χ1n) is 6.10. The maximum atomic E-state index is 12.2. The molecule has 1 aliphatic heterocycles. The summed E-state index contributed by atoms with van der Waals surface area (Å²) in [6.45, 7) is 0. The molecule has 19 heavy (non-hydrogen) atoms. The fourth-order valence-electron chi connectivity index (χ4n) is 2.64. The SMILES string of the molecule is O=C1CC2(CCC2)NC(=O)N1c1cc(Cl)cc(Cl)c1. The number of amides is 3. The van der Waals surface area contributed by atoms with Crippen molar-refractivity contribution in [3.8, 4) is 0 Å². The number of imide groups is 1. The second-order valence-electron chi connectivity index (χ2n) is 5.10. The highest BCUT2D eigenvalue weighted by Gasteiger charge is 2.47. The van der Waals surface area contributed by atoms with E-state index in [-0.39, 0.29) is 11.4 Å². The molecule has 6 heteroatoms. The maximum Gasteiger partial charge on any atom is 0.329 e. The van der Waals surface area contributed by atoms with Crippen molar-refractivity contribution in [2.75, 3.05) is 4.90 Å². The van der Waals surface area contributed by atoms with Crippen molar-refractivity contribution in [3.05, 3.63) is 28.2 Å². The van der Waals surface area contributed by atoms with Crippen LogP contribution in [-0.4, -0.2) is 17.5 Å².